The van der Waals surface area contributed by atoms with Crippen LogP contribution in [0.4, 0.5) is 5.69 Å². The first kappa shape index (κ1) is 10.8. The van der Waals surface area contributed by atoms with Crippen molar-refractivity contribution in [2.45, 2.75) is 38.1 Å². The number of piperidine rings is 1. The third-order valence-electron chi connectivity index (χ3n) is 3.69. The molecule has 1 saturated heterocycles. The first-order valence-corrected chi connectivity index (χ1v) is 6.46. The number of nitrogens with one attached hydrogen (secondary N) is 2. The second-order valence-corrected chi connectivity index (χ2v) is 5.07. The number of fused-ring (bicyclic) bond motifs is 1. The minimum absolute atomic E-state index is 0.118. The Morgan fingerprint density at radius 3 is 3.06 bits per heavy atom. The zero-order valence-corrected chi connectivity index (χ0v) is 9.96. The molecule has 0 aliphatic carbocycles. The van der Waals surface area contributed by atoms with Crippen molar-refractivity contribution in [3.63, 3.8) is 0 Å². The smallest absolute Gasteiger partial charge is 0.228 e. The summed E-state index contributed by atoms with van der Waals surface area (Å²) in [6.07, 6.45) is 5.54. The van der Waals surface area contributed by atoms with Crippen LogP contribution in [-0.2, 0) is 17.6 Å². The Morgan fingerprint density at radius 2 is 2.24 bits per heavy atom. The summed E-state index contributed by atoms with van der Waals surface area (Å²) in [5, 5.41) is 6.44. The first-order chi connectivity index (χ1) is 8.31. The number of amides is 1. The van der Waals surface area contributed by atoms with Gasteiger partial charge in [-0.05, 0) is 43.0 Å². The van der Waals surface area contributed by atoms with Crippen molar-refractivity contribution in [3.8, 4) is 0 Å². The lowest BCUT2D eigenvalue weighted by Crippen LogP contribution is -2.35. The number of carbonyl (C=O) groups excluding carboxylic acids is 1. The fourth-order valence-corrected chi connectivity index (χ4v) is 2.79. The van der Waals surface area contributed by atoms with Crippen molar-refractivity contribution in [1.82, 2.24) is 5.32 Å². The number of rotatable bonds is 2. The van der Waals surface area contributed by atoms with Crippen molar-refractivity contribution in [1.29, 1.82) is 0 Å². The highest BCUT2D eigenvalue weighted by atomic mass is 16.1. The van der Waals surface area contributed by atoms with Crippen LogP contribution in [0, 0.1) is 0 Å². The van der Waals surface area contributed by atoms with E-state index in [2.05, 4.69) is 22.8 Å². The number of hydrogen-bond acceptors (Lipinski definition) is 2. The van der Waals surface area contributed by atoms with Gasteiger partial charge in [-0.3, -0.25) is 4.79 Å². The van der Waals surface area contributed by atoms with E-state index >= 15 is 0 Å². The van der Waals surface area contributed by atoms with Crippen LogP contribution in [0.3, 0.4) is 0 Å². The van der Waals surface area contributed by atoms with Crippen LogP contribution in [0.25, 0.3) is 0 Å². The Morgan fingerprint density at radius 1 is 1.29 bits per heavy atom. The Bertz CT molecular complexity index is 436. The van der Waals surface area contributed by atoms with Gasteiger partial charge in [0.25, 0.3) is 0 Å². The number of hydrogen-bond donors (Lipinski definition) is 2. The molecular formula is C14H18N2O. The molecule has 0 spiro atoms. The van der Waals surface area contributed by atoms with Crippen molar-refractivity contribution in [2.24, 2.45) is 0 Å². The second-order valence-electron chi connectivity index (χ2n) is 5.07. The zero-order valence-electron chi connectivity index (χ0n) is 9.96. The topological polar surface area (TPSA) is 41.1 Å². The highest BCUT2D eigenvalue weighted by Gasteiger charge is 2.19. The van der Waals surface area contributed by atoms with Gasteiger partial charge in [0.15, 0.2) is 0 Å². The molecule has 3 rings (SSSR count). The maximum Gasteiger partial charge on any atom is 0.228 e. The fraction of sp³-hybridized carbons (Fsp3) is 0.500. The predicted octanol–water partition coefficient (Wildman–Crippen LogP) is 1.87. The highest BCUT2D eigenvalue weighted by molar-refractivity contribution is 5.99. The van der Waals surface area contributed by atoms with Crippen LogP contribution in [-0.4, -0.2) is 18.5 Å². The van der Waals surface area contributed by atoms with E-state index < -0.39 is 0 Å². The van der Waals surface area contributed by atoms with E-state index in [4.69, 9.17) is 0 Å². The van der Waals surface area contributed by atoms with Gasteiger partial charge in [-0.1, -0.05) is 18.6 Å². The Balaban J connectivity index is 1.72. The van der Waals surface area contributed by atoms with E-state index in [0.29, 0.717) is 12.5 Å². The molecule has 3 nitrogen and oxygen atoms in total. The number of benzene rings is 1. The molecule has 1 unspecified atom stereocenters. The number of anilines is 1. The van der Waals surface area contributed by atoms with Gasteiger partial charge >= 0.3 is 0 Å². The lowest BCUT2D eigenvalue weighted by Gasteiger charge is -2.23. The van der Waals surface area contributed by atoms with Gasteiger partial charge in [0.05, 0.1) is 6.42 Å². The van der Waals surface area contributed by atoms with Gasteiger partial charge in [-0.2, -0.15) is 0 Å². The summed E-state index contributed by atoms with van der Waals surface area (Å²) in [7, 11) is 0. The Kier molecular flexibility index (Phi) is 2.85. The molecule has 2 heterocycles. The van der Waals surface area contributed by atoms with Crippen LogP contribution in [0.2, 0.25) is 0 Å². The normalized spacial score (nSPS) is 23.3. The van der Waals surface area contributed by atoms with Crippen LogP contribution in [0.15, 0.2) is 18.2 Å². The van der Waals surface area contributed by atoms with Crippen molar-refractivity contribution < 1.29 is 4.79 Å². The average molecular weight is 230 g/mol. The third kappa shape index (κ3) is 2.34. The molecule has 1 fully saturated rings. The lowest BCUT2D eigenvalue weighted by atomic mass is 9.96. The van der Waals surface area contributed by atoms with Gasteiger partial charge in [0, 0.05) is 11.7 Å². The summed E-state index contributed by atoms with van der Waals surface area (Å²) < 4.78 is 0. The summed E-state index contributed by atoms with van der Waals surface area (Å²) >= 11 is 0. The highest BCUT2D eigenvalue weighted by Crippen LogP contribution is 2.25. The SMILES string of the molecule is O=C1Cc2cc(CC3CCCCN3)ccc2N1. The summed E-state index contributed by atoms with van der Waals surface area (Å²) in [6.45, 7) is 1.15. The summed E-state index contributed by atoms with van der Waals surface area (Å²) in [5.74, 6) is 0.118. The van der Waals surface area contributed by atoms with E-state index in [0.717, 1.165) is 24.2 Å². The quantitative estimate of drug-likeness (QED) is 0.814. The van der Waals surface area contributed by atoms with E-state index in [1.165, 1.54) is 24.8 Å². The maximum atomic E-state index is 11.3. The molecular weight excluding hydrogens is 212 g/mol. The third-order valence-corrected chi connectivity index (χ3v) is 3.69. The Labute approximate surface area is 102 Å². The summed E-state index contributed by atoms with van der Waals surface area (Å²) in [4.78, 5) is 11.3. The van der Waals surface area contributed by atoms with Crippen LogP contribution in [0.1, 0.15) is 30.4 Å². The van der Waals surface area contributed by atoms with E-state index in [9.17, 15) is 4.79 Å². The molecule has 17 heavy (non-hydrogen) atoms. The van der Waals surface area contributed by atoms with Gasteiger partial charge < -0.3 is 10.6 Å². The molecule has 3 heteroatoms. The molecule has 0 saturated carbocycles. The largest absolute Gasteiger partial charge is 0.326 e. The molecule has 2 aliphatic heterocycles. The minimum atomic E-state index is 0.118. The molecule has 2 N–H and O–H groups in total. The molecule has 0 bridgehead atoms. The van der Waals surface area contributed by atoms with Crippen molar-refractivity contribution in [2.75, 3.05) is 11.9 Å². The molecule has 0 aromatic heterocycles. The average Bonchev–Trinajstić information content (AvgIpc) is 2.70. The van der Waals surface area contributed by atoms with Crippen LogP contribution in [0.5, 0.6) is 0 Å². The van der Waals surface area contributed by atoms with Crippen LogP contribution < -0.4 is 10.6 Å². The zero-order chi connectivity index (χ0) is 11.7. The lowest BCUT2D eigenvalue weighted by molar-refractivity contribution is -0.115. The summed E-state index contributed by atoms with van der Waals surface area (Å²) in [5.41, 5.74) is 3.50. The molecule has 1 aromatic carbocycles. The van der Waals surface area contributed by atoms with Gasteiger partial charge in [0.1, 0.15) is 0 Å². The molecule has 2 aliphatic rings. The number of carbonyl (C=O) groups is 1. The first-order valence-electron chi connectivity index (χ1n) is 6.46. The van der Waals surface area contributed by atoms with Gasteiger partial charge in [0.2, 0.25) is 5.91 Å². The monoisotopic (exact) mass is 230 g/mol. The van der Waals surface area contributed by atoms with E-state index in [-0.39, 0.29) is 5.91 Å². The van der Waals surface area contributed by atoms with Crippen LogP contribution >= 0.6 is 0 Å². The van der Waals surface area contributed by atoms with Crippen molar-refractivity contribution >= 4 is 11.6 Å². The van der Waals surface area contributed by atoms with Gasteiger partial charge in [-0.25, -0.2) is 0 Å². The molecule has 1 aromatic rings. The standard InChI is InChI=1S/C14H18N2O/c17-14-9-11-7-10(4-5-13(11)16-14)8-12-3-1-2-6-15-12/h4-5,7,12,15H,1-3,6,8-9H2,(H,16,17). The fourth-order valence-electron chi connectivity index (χ4n) is 2.79. The molecule has 90 valence electrons. The summed E-state index contributed by atoms with van der Waals surface area (Å²) in [6, 6.07) is 6.98. The second kappa shape index (κ2) is 4.49. The Hall–Kier alpha value is -1.35. The molecule has 1 atom stereocenters. The molecule has 1 amide bonds. The minimum Gasteiger partial charge on any atom is -0.326 e. The maximum absolute atomic E-state index is 11.3. The van der Waals surface area contributed by atoms with E-state index in [1.807, 2.05) is 6.07 Å². The van der Waals surface area contributed by atoms with E-state index in [1.54, 1.807) is 0 Å². The van der Waals surface area contributed by atoms with Gasteiger partial charge in [-0.15, -0.1) is 0 Å². The predicted molar refractivity (Wildman–Crippen MR) is 68.1 cm³/mol. The van der Waals surface area contributed by atoms with Crippen molar-refractivity contribution in [3.05, 3.63) is 29.3 Å². The molecule has 0 radical (unpaired) electrons.